The van der Waals surface area contributed by atoms with Crippen molar-refractivity contribution in [2.45, 2.75) is 6.42 Å². The van der Waals surface area contributed by atoms with E-state index in [9.17, 15) is 9.59 Å². The maximum absolute atomic E-state index is 11.6. The van der Waals surface area contributed by atoms with Crippen LogP contribution in [0.1, 0.15) is 5.56 Å². The molecule has 0 amide bonds. The third-order valence-electron chi connectivity index (χ3n) is 3.22. The molecule has 0 N–H and O–H groups in total. The van der Waals surface area contributed by atoms with Gasteiger partial charge in [-0.3, -0.25) is 0 Å². The first-order valence-corrected chi connectivity index (χ1v) is 6.50. The summed E-state index contributed by atoms with van der Waals surface area (Å²) in [5.41, 5.74) is 0.936. The zero-order valence-electron chi connectivity index (χ0n) is 12.0. The van der Waals surface area contributed by atoms with Gasteiger partial charge in [0, 0.05) is 0 Å². The molecule has 0 saturated carbocycles. The number of fused-ring (bicyclic) bond motifs is 1. The summed E-state index contributed by atoms with van der Waals surface area (Å²) in [4.78, 5) is 23.2. The summed E-state index contributed by atoms with van der Waals surface area (Å²) >= 11 is 0. The molecule has 0 radical (unpaired) electrons. The molecule has 0 aromatic heterocycles. The highest BCUT2D eigenvalue weighted by Crippen LogP contribution is 2.19. The van der Waals surface area contributed by atoms with Crippen LogP contribution < -0.4 is 0 Å². The summed E-state index contributed by atoms with van der Waals surface area (Å²) in [5.74, 6) is -1.39. The molecule has 4 nitrogen and oxygen atoms in total. The van der Waals surface area contributed by atoms with Crippen LogP contribution in [0.15, 0.2) is 54.1 Å². The summed E-state index contributed by atoms with van der Waals surface area (Å²) in [7, 11) is 2.47. The Kier molecular flexibility index (Phi) is 4.72. The predicted molar refractivity (Wildman–Crippen MR) is 79.8 cm³/mol. The van der Waals surface area contributed by atoms with E-state index in [1.165, 1.54) is 14.2 Å². The van der Waals surface area contributed by atoms with E-state index >= 15 is 0 Å². The summed E-state index contributed by atoms with van der Waals surface area (Å²) in [6.07, 6.45) is 1.99. The first-order valence-electron chi connectivity index (χ1n) is 6.50. The van der Waals surface area contributed by atoms with E-state index in [-0.39, 0.29) is 5.57 Å². The molecular formula is C17H16O4. The van der Waals surface area contributed by atoms with Crippen LogP contribution in [-0.2, 0) is 25.5 Å². The zero-order valence-corrected chi connectivity index (χ0v) is 12.0. The number of esters is 2. The molecule has 0 spiro atoms. The molecule has 2 aromatic rings. The fourth-order valence-electron chi connectivity index (χ4n) is 2.15. The van der Waals surface area contributed by atoms with Gasteiger partial charge in [-0.15, -0.1) is 0 Å². The molecule has 0 fully saturated rings. The van der Waals surface area contributed by atoms with Gasteiger partial charge in [-0.1, -0.05) is 48.5 Å². The van der Waals surface area contributed by atoms with Gasteiger partial charge in [-0.2, -0.15) is 0 Å². The van der Waals surface area contributed by atoms with Gasteiger partial charge in [0.05, 0.1) is 14.2 Å². The molecule has 0 saturated heterocycles. The molecule has 108 valence electrons. The minimum absolute atomic E-state index is 0.0899. The number of hydrogen-bond acceptors (Lipinski definition) is 4. The van der Waals surface area contributed by atoms with Crippen molar-refractivity contribution in [2.75, 3.05) is 14.2 Å². The van der Waals surface area contributed by atoms with E-state index in [1.54, 1.807) is 6.08 Å². The number of benzene rings is 2. The van der Waals surface area contributed by atoms with Gasteiger partial charge in [0.15, 0.2) is 0 Å². The largest absolute Gasteiger partial charge is 0.465 e. The lowest BCUT2D eigenvalue weighted by Crippen LogP contribution is -2.16. The summed E-state index contributed by atoms with van der Waals surface area (Å²) in [5, 5.41) is 2.20. The average Bonchev–Trinajstić information content (AvgIpc) is 2.54. The number of hydrogen-bond donors (Lipinski definition) is 0. The third kappa shape index (κ3) is 3.28. The van der Waals surface area contributed by atoms with E-state index in [2.05, 4.69) is 9.47 Å². The Hall–Kier alpha value is -2.62. The van der Waals surface area contributed by atoms with E-state index < -0.39 is 11.9 Å². The normalized spacial score (nSPS) is 10.0. The Bertz CT molecular complexity index is 678. The number of carbonyl (C=O) groups excluding carboxylic acids is 2. The minimum Gasteiger partial charge on any atom is -0.465 e. The number of carbonyl (C=O) groups is 2. The van der Waals surface area contributed by atoms with Crippen LogP contribution in [0.3, 0.4) is 0 Å². The van der Waals surface area contributed by atoms with Gasteiger partial charge < -0.3 is 9.47 Å². The van der Waals surface area contributed by atoms with Crippen LogP contribution in [0.2, 0.25) is 0 Å². The fourth-order valence-corrected chi connectivity index (χ4v) is 2.15. The molecule has 0 unspecified atom stereocenters. The summed E-state index contributed by atoms with van der Waals surface area (Å²) in [6, 6.07) is 13.9. The van der Waals surface area contributed by atoms with Crippen molar-refractivity contribution in [1.82, 2.24) is 0 Å². The lowest BCUT2D eigenvalue weighted by atomic mass is 10.0. The highest BCUT2D eigenvalue weighted by atomic mass is 16.5. The second kappa shape index (κ2) is 6.70. The Morgan fingerprint density at radius 2 is 1.57 bits per heavy atom. The Labute approximate surface area is 123 Å². The molecular weight excluding hydrogens is 268 g/mol. The van der Waals surface area contributed by atoms with Crippen molar-refractivity contribution in [3.8, 4) is 0 Å². The number of methoxy groups -OCH3 is 2. The lowest BCUT2D eigenvalue weighted by molar-refractivity contribution is -0.144. The van der Waals surface area contributed by atoms with Crippen LogP contribution in [0.4, 0.5) is 0 Å². The van der Waals surface area contributed by atoms with Crippen LogP contribution >= 0.6 is 0 Å². The molecule has 0 atom stereocenters. The van der Waals surface area contributed by atoms with Gasteiger partial charge in [-0.25, -0.2) is 9.59 Å². The molecule has 21 heavy (non-hydrogen) atoms. The molecule has 4 heteroatoms. The summed E-state index contributed by atoms with van der Waals surface area (Å²) < 4.78 is 9.21. The quantitative estimate of drug-likeness (QED) is 0.375. The standard InChI is InChI=1S/C17H16O4/c1-20-16(18)15(17(19)21-2)11-10-13-8-5-7-12-6-3-4-9-14(12)13/h3-9,11H,10H2,1-2H3. The molecule has 0 aliphatic rings. The molecule has 0 bridgehead atoms. The van der Waals surface area contributed by atoms with Gasteiger partial charge in [-0.05, 0) is 22.8 Å². The molecule has 2 aromatic carbocycles. The monoisotopic (exact) mass is 284 g/mol. The number of ether oxygens (including phenoxy) is 2. The van der Waals surface area contributed by atoms with Crippen molar-refractivity contribution in [2.24, 2.45) is 0 Å². The Balaban J connectivity index is 2.36. The van der Waals surface area contributed by atoms with E-state index in [4.69, 9.17) is 0 Å². The topological polar surface area (TPSA) is 52.6 Å². The van der Waals surface area contributed by atoms with Crippen molar-refractivity contribution in [3.63, 3.8) is 0 Å². The molecule has 2 rings (SSSR count). The third-order valence-corrected chi connectivity index (χ3v) is 3.22. The maximum atomic E-state index is 11.6. The van der Waals surface area contributed by atoms with E-state index in [1.807, 2.05) is 42.5 Å². The number of rotatable bonds is 4. The second-order valence-corrected chi connectivity index (χ2v) is 4.44. The lowest BCUT2D eigenvalue weighted by Gasteiger charge is -2.06. The highest BCUT2D eigenvalue weighted by Gasteiger charge is 2.19. The van der Waals surface area contributed by atoms with E-state index in [0.29, 0.717) is 6.42 Å². The summed E-state index contributed by atoms with van der Waals surface area (Å²) in [6.45, 7) is 0. The van der Waals surface area contributed by atoms with Crippen LogP contribution in [0, 0.1) is 0 Å². The van der Waals surface area contributed by atoms with Crippen LogP contribution in [0.5, 0.6) is 0 Å². The Morgan fingerprint density at radius 3 is 2.24 bits per heavy atom. The van der Waals surface area contributed by atoms with Crippen molar-refractivity contribution < 1.29 is 19.1 Å². The average molecular weight is 284 g/mol. The van der Waals surface area contributed by atoms with Crippen LogP contribution in [0.25, 0.3) is 10.8 Å². The molecule has 0 aliphatic heterocycles. The van der Waals surface area contributed by atoms with Gasteiger partial charge in [0.25, 0.3) is 0 Å². The zero-order chi connectivity index (χ0) is 15.2. The smallest absolute Gasteiger partial charge is 0.344 e. The first-order chi connectivity index (χ1) is 10.2. The van der Waals surface area contributed by atoms with Gasteiger partial charge in [0.2, 0.25) is 0 Å². The predicted octanol–water partition coefficient (Wildman–Crippen LogP) is 2.65. The maximum Gasteiger partial charge on any atom is 0.344 e. The van der Waals surface area contributed by atoms with Crippen molar-refractivity contribution >= 4 is 22.7 Å². The van der Waals surface area contributed by atoms with Crippen molar-refractivity contribution in [1.29, 1.82) is 0 Å². The van der Waals surface area contributed by atoms with Gasteiger partial charge >= 0.3 is 11.9 Å². The Morgan fingerprint density at radius 1 is 0.952 bits per heavy atom. The van der Waals surface area contributed by atoms with Gasteiger partial charge in [0.1, 0.15) is 5.57 Å². The fraction of sp³-hybridized carbons (Fsp3) is 0.176. The highest BCUT2D eigenvalue weighted by molar-refractivity contribution is 6.14. The second-order valence-electron chi connectivity index (χ2n) is 4.44. The first kappa shape index (κ1) is 14.8. The number of allylic oxidation sites excluding steroid dienone is 1. The van der Waals surface area contributed by atoms with Crippen molar-refractivity contribution in [3.05, 3.63) is 59.7 Å². The van der Waals surface area contributed by atoms with E-state index in [0.717, 1.165) is 16.3 Å². The van der Waals surface area contributed by atoms with Crippen LogP contribution in [-0.4, -0.2) is 26.2 Å². The molecule has 0 heterocycles. The molecule has 0 aliphatic carbocycles. The minimum atomic E-state index is -0.693. The SMILES string of the molecule is COC(=O)C(=CCc1cccc2ccccc12)C(=O)OC.